The lowest BCUT2D eigenvalue weighted by atomic mass is 9.95. The molecule has 2 aliphatic rings. The standard InChI is InChI=1S/C44H12F10N4O8S2/c45-31-33(47)37(51)43(38(52)34(31)48)67(61,62)65-27-12-18(10-26-30(20(15-57)16-58)22-6-2-4-8-24(22)42(26)60)28(66-68(63,64)44-39(53)35(49)32(46)36(50)40(44)54)11-17(27)9-25-29(19(13-55)14-56)21-5-1-3-7-23(21)41(25)59/h1-12H/b25-9-,26-10-. The summed E-state index contributed by atoms with van der Waals surface area (Å²) in [4.78, 5) is 22.5. The summed E-state index contributed by atoms with van der Waals surface area (Å²) in [5.74, 6) is -34.1. The van der Waals surface area contributed by atoms with E-state index in [9.17, 15) is 73.8 Å². The smallest absolute Gasteiger partial charge is 0.345 e. The molecule has 0 radical (unpaired) electrons. The average Bonchev–Trinajstić information content (AvgIpc) is 3.74. The number of fused-ring (bicyclic) bond motifs is 2. The van der Waals surface area contributed by atoms with Crippen LogP contribution < -0.4 is 8.37 Å². The maximum absolute atomic E-state index is 15.1. The lowest BCUT2D eigenvalue weighted by Crippen LogP contribution is -2.19. The Morgan fingerprint density at radius 3 is 0.985 bits per heavy atom. The minimum atomic E-state index is -6.43. The lowest BCUT2D eigenvalue weighted by molar-refractivity contribution is 0.103. The number of carbonyl (C=O) groups excluding carboxylic acids is 2. The van der Waals surface area contributed by atoms with Gasteiger partial charge >= 0.3 is 20.2 Å². The van der Waals surface area contributed by atoms with Crippen molar-refractivity contribution in [1.29, 1.82) is 21.0 Å². The van der Waals surface area contributed by atoms with Crippen LogP contribution in [0.25, 0.3) is 23.3 Å². The molecule has 0 amide bonds. The summed E-state index contributed by atoms with van der Waals surface area (Å²) in [6, 6.07) is 16.4. The molecule has 0 fully saturated rings. The largest absolute Gasteiger partial charge is 0.378 e. The number of Topliss-reactive ketones (excluding diaryl/α,β-unsaturated/α-hetero) is 2. The van der Waals surface area contributed by atoms with Crippen LogP contribution >= 0.6 is 0 Å². The van der Waals surface area contributed by atoms with Gasteiger partial charge in [-0.25, -0.2) is 43.9 Å². The van der Waals surface area contributed by atoms with Crippen LogP contribution in [0.3, 0.4) is 0 Å². The Morgan fingerprint density at radius 1 is 0.441 bits per heavy atom. The Balaban J connectivity index is 1.63. The summed E-state index contributed by atoms with van der Waals surface area (Å²) in [6.07, 6.45) is 0.964. The van der Waals surface area contributed by atoms with E-state index in [0.717, 1.165) is 12.1 Å². The van der Waals surface area contributed by atoms with E-state index in [1.807, 2.05) is 0 Å². The molecule has 338 valence electrons. The maximum Gasteiger partial charge on any atom is 0.345 e. The van der Waals surface area contributed by atoms with Crippen LogP contribution in [-0.4, -0.2) is 28.4 Å². The Kier molecular flexibility index (Phi) is 11.9. The number of allylic oxidation sites excluding steroid dienone is 6. The summed E-state index contributed by atoms with van der Waals surface area (Å²) in [5, 5.41) is 39.3. The zero-order valence-corrected chi connectivity index (χ0v) is 34.2. The van der Waals surface area contributed by atoms with Crippen LogP contribution in [-0.2, 0) is 20.2 Å². The van der Waals surface area contributed by atoms with E-state index >= 15 is 17.6 Å². The van der Waals surface area contributed by atoms with E-state index in [1.165, 1.54) is 60.7 Å². The van der Waals surface area contributed by atoms with Crippen molar-refractivity contribution in [3.63, 3.8) is 0 Å². The summed E-state index contributed by atoms with van der Waals surface area (Å²) in [6.45, 7) is 0. The number of nitriles is 4. The second-order valence-electron chi connectivity index (χ2n) is 13.6. The third-order valence-electron chi connectivity index (χ3n) is 9.84. The molecular weight excluding hydrogens is 967 g/mol. The topological polar surface area (TPSA) is 216 Å². The molecule has 0 aliphatic heterocycles. The van der Waals surface area contributed by atoms with Crippen molar-refractivity contribution in [2.45, 2.75) is 9.79 Å². The predicted octanol–water partition coefficient (Wildman–Crippen LogP) is 8.77. The van der Waals surface area contributed by atoms with Gasteiger partial charge in [-0.15, -0.1) is 0 Å². The lowest BCUT2D eigenvalue weighted by Gasteiger charge is -2.17. The number of hydrogen-bond acceptors (Lipinski definition) is 12. The highest BCUT2D eigenvalue weighted by molar-refractivity contribution is 7.87. The van der Waals surface area contributed by atoms with Gasteiger partial charge in [0.05, 0.1) is 0 Å². The van der Waals surface area contributed by atoms with Gasteiger partial charge in [-0.3, -0.25) is 9.59 Å². The van der Waals surface area contributed by atoms with E-state index in [2.05, 4.69) is 0 Å². The van der Waals surface area contributed by atoms with Gasteiger partial charge in [0.25, 0.3) is 0 Å². The first-order chi connectivity index (χ1) is 32.1. The number of halogens is 10. The van der Waals surface area contributed by atoms with Crippen molar-refractivity contribution in [1.82, 2.24) is 0 Å². The van der Waals surface area contributed by atoms with E-state index in [0.29, 0.717) is 12.2 Å². The Bertz CT molecular complexity index is 3430. The normalized spacial score (nSPS) is 14.3. The predicted molar refractivity (Wildman–Crippen MR) is 208 cm³/mol. The van der Waals surface area contributed by atoms with Gasteiger partial charge in [0.1, 0.15) is 35.4 Å². The molecule has 12 nitrogen and oxygen atoms in total. The quantitative estimate of drug-likeness (QED) is 0.0356. The van der Waals surface area contributed by atoms with Crippen LogP contribution in [0, 0.1) is 103 Å². The highest BCUT2D eigenvalue weighted by Gasteiger charge is 2.40. The van der Waals surface area contributed by atoms with Gasteiger partial charge in [-0.2, -0.15) is 37.9 Å². The number of carbonyl (C=O) groups is 2. The summed E-state index contributed by atoms with van der Waals surface area (Å²) < 4.78 is 211. The highest BCUT2D eigenvalue weighted by atomic mass is 32.2. The molecule has 5 aromatic carbocycles. The molecule has 0 atom stereocenters. The molecule has 68 heavy (non-hydrogen) atoms. The molecule has 5 aromatic rings. The van der Waals surface area contributed by atoms with E-state index in [4.69, 9.17) is 8.37 Å². The fourth-order valence-electron chi connectivity index (χ4n) is 6.89. The SMILES string of the molecule is N#CC(C#N)=C1/C(=C/c2cc(OS(=O)(=O)c3c(F)c(F)c(F)c(F)c3F)c(/C=C3\C(=O)c4ccccc4C3=C(C#N)C#N)cc2OS(=O)(=O)c2c(F)c(F)c(F)c(F)c2F)C(=O)c2ccccc21. The molecule has 2 aliphatic carbocycles. The highest BCUT2D eigenvalue weighted by Crippen LogP contribution is 2.45. The molecule has 0 unspecified atom stereocenters. The van der Waals surface area contributed by atoms with Gasteiger partial charge in [0, 0.05) is 44.5 Å². The zero-order chi connectivity index (χ0) is 49.9. The van der Waals surface area contributed by atoms with Crippen molar-refractivity contribution >= 4 is 55.1 Å². The van der Waals surface area contributed by atoms with Crippen LogP contribution in [0.15, 0.2) is 92.7 Å². The number of hydrogen-bond donors (Lipinski definition) is 0. The third-order valence-corrected chi connectivity index (χ3v) is 12.4. The Hall–Kier alpha value is -8.84. The molecule has 0 heterocycles. The average molecular weight is 979 g/mol. The first kappa shape index (κ1) is 47.1. The zero-order valence-electron chi connectivity index (χ0n) is 32.6. The summed E-state index contributed by atoms with van der Waals surface area (Å²) in [7, 11) is -12.9. The van der Waals surface area contributed by atoms with Crippen LogP contribution in [0.4, 0.5) is 43.9 Å². The van der Waals surface area contributed by atoms with E-state index < -0.39 is 156 Å². The number of ketones is 2. The molecule has 0 spiro atoms. The molecule has 0 saturated carbocycles. The molecule has 0 bridgehead atoms. The summed E-state index contributed by atoms with van der Waals surface area (Å²) in [5.41, 5.74) is -7.39. The first-order valence-corrected chi connectivity index (χ1v) is 20.8. The molecule has 0 saturated heterocycles. The van der Waals surface area contributed by atoms with Crippen molar-refractivity contribution in [2.24, 2.45) is 0 Å². The van der Waals surface area contributed by atoms with Crippen LogP contribution in [0.1, 0.15) is 43.0 Å². The van der Waals surface area contributed by atoms with Gasteiger partial charge in [0.15, 0.2) is 79.4 Å². The molecule has 7 rings (SSSR count). The Labute approximate surface area is 373 Å². The van der Waals surface area contributed by atoms with Gasteiger partial charge < -0.3 is 8.37 Å². The fourth-order valence-corrected chi connectivity index (χ4v) is 9.06. The molecular formula is C44H12F10N4O8S2. The third kappa shape index (κ3) is 7.49. The van der Waals surface area contributed by atoms with Gasteiger partial charge in [-0.1, -0.05) is 48.5 Å². The van der Waals surface area contributed by atoms with E-state index in [1.54, 1.807) is 0 Å². The first-order valence-electron chi connectivity index (χ1n) is 18.0. The minimum Gasteiger partial charge on any atom is -0.378 e. The Morgan fingerprint density at radius 2 is 0.706 bits per heavy atom. The van der Waals surface area contributed by atoms with Crippen molar-refractivity contribution in [2.75, 3.05) is 0 Å². The van der Waals surface area contributed by atoms with Gasteiger partial charge in [0.2, 0.25) is 11.6 Å². The molecule has 24 heteroatoms. The van der Waals surface area contributed by atoms with Crippen molar-refractivity contribution in [3.8, 4) is 35.8 Å². The maximum atomic E-state index is 15.1. The fraction of sp³-hybridized carbons (Fsp3) is 0. The van der Waals surface area contributed by atoms with E-state index in [-0.39, 0.29) is 34.4 Å². The van der Waals surface area contributed by atoms with Crippen molar-refractivity contribution in [3.05, 3.63) is 175 Å². The number of nitrogens with zero attached hydrogens (tertiary/aromatic N) is 4. The second kappa shape index (κ2) is 17.2. The van der Waals surface area contributed by atoms with Crippen LogP contribution in [0.2, 0.25) is 0 Å². The van der Waals surface area contributed by atoms with Crippen LogP contribution in [0.5, 0.6) is 11.5 Å². The number of rotatable bonds is 8. The van der Waals surface area contributed by atoms with Gasteiger partial charge in [-0.05, 0) is 35.4 Å². The minimum absolute atomic E-state index is 0.144. The molecule has 0 aromatic heterocycles. The second-order valence-corrected chi connectivity index (χ2v) is 16.6. The monoisotopic (exact) mass is 978 g/mol. The molecule has 0 N–H and O–H groups in total. The van der Waals surface area contributed by atoms with Crippen molar-refractivity contribution < 1.29 is 78.7 Å². The summed E-state index contributed by atoms with van der Waals surface area (Å²) >= 11 is 0. The number of benzene rings is 5.